The molecule has 0 saturated carbocycles. The monoisotopic (exact) mass is 220 g/mol. The maximum absolute atomic E-state index is 9.44. The van der Waals surface area contributed by atoms with Crippen LogP contribution in [-0.2, 0) is 6.42 Å². The molecular weight excluding hydrogens is 208 g/mol. The largest absolute Gasteiger partial charge is 0.393 e. The number of hydrogen-bond acceptors (Lipinski definition) is 6. The summed E-state index contributed by atoms with van der Waals surface area (Å²) in [5.74, 6) is 0.807. The molecule has 0 spiro atoms. The second-order valence-corrected chi connectivity index (χ2v) is 3.37. The summed E-state index contributed by atoms with van der Waals surface area (Å²) in [6.45, 7) is 1.89. The molecule has 2 aromatic rings. The quantitative estimate of drug-likeness (QED) is 0.821. The molecule has 0 aliphatic heterocycles. The molecule has 0 aliphatic rings. The molecule has 0 aliphatic carbocycles. The highest BCUT2D eigenvalue weighted by Gasteiger charge is 2.12. The van der Waals surface area contributed by atoms with E-state index >= 15 is 0 Å². The van der Waals surface area contributed by atoms with Crippen molar-refractivity contribution in [3.05, 3.63) is 24.5 Å². The van der Waals surface area contributed by atoms with E-state index in [1.54, 1.807) is 18.6 Å². The van der Waals surface area contributed by atoms with Gasteiger partial charge >= 0.3 is 0 Å². The fourth-order valence-corrected chi connectivity index (χ4v) is 1.20. The summed E-state index contributed by atoms with van der Waals surface area (Å²) in [7, 11) is 0. The fraction of sp³-hybridized carbons (Fsp3) is 0.400. The van der Waals surface area contributed by atoms with Crippen molar-refractivity contribution in [1.29, 1.82) is 0 Å². The normalized spacial score (nSPS) is 12.6. The van der Waals surface area contributed by atoms with Crippen molar-refractivity contribution in [3.8, 4) is 11.5 Å². The molecule has 6 heteroatoms. The number of nitrogens with zero attached hydrogens (tertiary/aromatic N) is 4. The Bertz CT molecular complexity index is 443. The van der Waals surface area contributed by atoms with Crippen LogP contribution in [0.4, 0.5) is 0 Å². The van der Waals surface area contributed by atoms with Gasteiger partial charge in [-0.1, -0.05) is 12.1 Å². The van der Waals surface area contributed by atoms with Gasteiger partial charge in [0.05, 0.1) is 18.7 Å². The lowest BCUT2D eigenvalue weighted by Gasteiger charge is -2.01. The molecule has 0 amide bonds. The van der Waals surface area contributed by atoms with Crippen LogP contribution in [0.25, 0.3) is 11.5 Å². The van der Waals surface area contributed by atoms with E-state index in [9.17, 15) is 5.11 Å². The zero-order chi connectivity index (χ0) is 11.4. The fourth-order valence-electron chi connectivity index (χ4n) is 1.20. The minimum Gasteiger partial charge on any atom is -0.393 e. The van der Waals surface area contributed by atoms with Crippen molar-refractivity contribution < 1.29 is 9.63 Å². The van der Waals surface area contributed by atoms with E-state index in [-0.39, 0.29) is 0 Å². The Hall–Kier alpha value is -1.82. The molecule has 2 aromatic heterocycles. The molecule has 1 atom stereocenters. The summed E-state index contributed by atoms with van der Waals surface area (Å²) >= 11 is 0. The van der Waals surface area contributed by atoms with E-state index in [2.05, 4.69) is 20.1 Å². The second-order valence-electron chi connectivity index (χ2n) is 3.37. The van der Waals surface area contributed by atoms with Gasteiger partial charge in [-0.05, 0) is 6.42 Å². The number of aromatic nitrogens is 4. The first-order valence-electron chi connectivity index (χ1n) is 5.06. The van der Waals surface area contributed by atoms with Gasteiger partial charge in [0, 0.05) is 12.4 Å². The van der Waals surface area contributed by atoms with Crippen LogP contribution in [-0.4, -0.2) is 31.3 Å². The van der Waals surface area contributed by atoms with E-state index in [4.69, 9.17) is 4.52 Å². The summed E-state index contributed by atoms with van der Waals surface area (Å²) in [6, 6.07) is 0. The number of aliphatic hydroxyl groups excluding tert-OH is 1. The predicted molar refractivity (Wildman–Crippen MR) is 55.3 cm³/mol. The van der Waals surface area contributed by atoms with Gasteiger partial charge in [-0.15, -0.1) is 0 Å². The van der Waals surface area contributed by atoms with Gasteiger partial charge < -0.3 is 9.63 Å². The third kappa shape index (κ3) is 2.40. The van der Waals surface area contributed by atoms with Crippen LogP contribution in [0.3, 0.4) is 0 Å². The molecular formula is C10H12N4O2. The highest BCUT2D eigenvalue weighted by molar-refractivity contribution is 5.45. The minimum absolute atomic E-state index is 0.365. The van der Waals surface area contributed by atoms with Crippen molar-refractivity contribution in [2.45, 2.75) is 25.9 Å². The Morgan fingerprint density at radius 1 is 1.44 bits per heavy atom. The molecule has 16 heavy (non-hydrogen) atoms. The van der Waals surface area contributed by atoms with Crippen LogP contribution < -0.4 is 0 Å². The summed E-state index contributed by atoms with van der Waals surface area (Å²) in [5, 5.41) is 13.2. The van der Waals surface area contributed by atoms with Gasteiger partial charge in [-0.2, -0.15) is 4.98 Å². The van der Waals surface area contributed by atoms with Crippen molar-refractivity contribution in [2.24, 2.45) is 0 Å². The first kappa shape index (κ1) is 10.7. The average molecular weight is 220 g/mol. The number of hydrogen-bond donors (Lipinski definition) is 1. The molecule has 6 nitrogen and oxygen atoms in total. The van der Waals surface area contributed by atoms with Gasteiger partial charge in [0.25, 0.3) is 0 Å². The van der Waals surface area contributed by atoms with E-state index in [0.29, 0.717) is 30.3 Å². The Morgan fingerprint density at radius 3 is 3.00 bits per heavy atom. The van der Waals surface area contributed by atoms with E-state index in [0.717, 1.165) is 0 Å². The van der Waals surface area contributed by atoms with Gasteiger partial charge in [0.15, 0.2) is 0 Å². The smallest absolute Gasteiger partial charge is 0.229 e. The lowest BCUT2D eigenvalue weighted by molar-refractivity contribution is 0.158. The molecule has 1 unspecified atom stereocenters. The molecule has 0 radical (unpaired) electrons. The Labute approximate surface area is 92.4 Å². The third-order valence-corrected chi connectivity index (χ3v) is 2.14. The SMILES string of the molecule is CCC(O)Cc1nc(-c2cnccn2)no1. The molecule has 2 rings (SSSR count). The maximum atomic E-state index is 9.44. The Kier molecular flexibility index (Phi) is 3.21. The van der Waals surface area contributed by atoms with Crippen LogP contribution in [0.1, 0.15) is 19.2 Å². The van der Waals surface area contributed by atoms with Crippen LogP contribution in [0, 0.1) is 0 Å². The van der Waals surface area contributed by atoms with Gasteiger partial charge in [0.2, 0.25) is 11.7 Å². The lowest BCUT2D eigenvalue weighted by Crippen LogP contribution is -2.08. The highest BCUT2D eigenvalue weighted by atomic mass is 16.5. The van der Waals surface area contributed by atoms with Crippen molar-refractivity contribution in [3.63, 3.8) is 0 Å². The zero-order valence-electron chi connectivity index (χ0n) is 8.87. The first-order valence-corrected chi connectivity index (χ1v) is 5.06. The van der Waals surface area contributed by atoms with Crippen LogP contribution >= 0.6 is 0 Å². The molecule has 0 fully saturated rings. The Balaban J connectivity index is 2.14. The molecule has 0 saturated heterocycles. The Morgan fingerprint density at radius 2 is 2.31 bits per heavy atom. The van der Waals surface area contributed by atoms with Gasteiger partial charge in [-0.25, -0.2) is 4.98 Å². The summed E-state index contributed by atoms with van der Waals surface area (Å²) in [5.41, 5.74) is 0.559. The van der Waals surface area contributed by atoms with E-state index in [1.807, 2.05) is 6.92 Å². The molecule has 1 N–H and O–H groups in total. The highest BCUT2D eigenvalue weighted by Crippen LogP contribution is 2.12. The summed E-state index contributed by atoms with van der Waals surface area (Å²) in [6.07, 6.45) is 5.27. The number of rotatable bonds is 4. The van der Waals surface area contributed by atoms with Crippen LogP contribution in [0.15, 0.2) is 23.1 Å². The topological polar surface area (TPSA) is 84.9 Å². The third-order valence-electron chi connectivity index (χ3n) is 2.14. The standard InChI is InChI=1S/C10H12N4O2/c1-2-7(15)5-9-13-10(14-16-9)8-6-11-3-4-12-8/h3-4,6-7,15H,2,5H2,1H3. The van der Waals surface area contributed by atoms with Crippen LogP contribution in [0.2, 0.25) is 0 Å². The second kappa shape index (κ2) is 4.80. The van der Waals surface area contributed by atoms with Crippen molar-refractivity contribution in [2.75, 3.05) is 0 Å². The van der Waals surface area contributed by atoms with Gasteiger partial charge in [-0.3, -0.25) is 4.98 Å². The molecule has 0 aromatic carbocycles. The number of aliphatic hydroxyl groups is 1. The maximum Gasteiger partial charge on any atom is 0.229 e. The summed E-state index contributed by atoms with van der Waals surface area (Å²) < 4.78 is 5.00. The summed E-state index contributed by atoms with van der Waals surface area (Å²) in [4.78, 5) is 12.1. The van der Waals surface area contributed by atoms with E-state index in [1.165, 1.54) is 0 Å². The molecule has 2 heterocycles. The molecule has 0 bridgehead atoms. The molecule has 84 valence electrons. The van der Waals surface area contributed by atoms with E-state index < -0.39 is 6.10 Å². The van der Waals surface area contributed by atoms with Gasteiger partial charge in [0.1, 0.15) is 5.69 Å². The van der Waals surface area contributed by atoms with Crippen molar-refractivity contribution >= 4 is 0 Å². The van der Waals surface area contributed by atoms with Crippen molar-refractivity contribution in [1.82, 2.24) is 20.1 Å². The minimum atomic E-state index is -0.449. The average Bonchev–Trinajstić information content (AvgIpc) is 2.78. The van der Waals surface area contributed by atoms with Crippen LogP contribution in [0.5, 0.6) is 0 Å². The lowest BCUT2D eigenvalue weighted by atomic mass is 10.2. The predicted octanol–water partition coefficient (Wildman–Crippen LogP) is 0.840. The first-order chi connectivity index (χ1) is 7.79. The zero-order valence-corrected chi connectivity index (χ0v) is 8.87.